The molecule has 0 amide bonds. The average Bonchev–Trinajstić information content (AvgIpc) is 2.04. The van der Waals surface area contributed by atoms with Crippen molar-refractivity contribution in [1.29, 1.82) is 0 Å². The fourth-order valence-corrected chi connectivity index (χ4v) is 1.23. The Labute approximate surface area is 76.2 Å². The molecule has 4 N–H and O–H groups in total. The Kier molecular flexibility index (Phi) is 2.97. The van der Waals surface area contributed by atoms with E-state index in [1.807, 2.05) is 12.1 Å². The predicted molar refractivity (Wildman–Crippen MR) is 50.2 cm³/mol. The minimum Gasteiger partial charge on any atom is -0.391 e. The number of pyridine rings is 1. The van der Waals surface area contributed by atoms with Gasteiger partial charge in [0.2, 0.25) is 0 Å². The van der Waals surface area contributed by atoms with Crippen molar-refractivity contribution < 1.29 is 5.11 Å². The number of H-pyrrole nitrogens is 1. The number of nitrogens with two attached hydrogens (primary N) is 1. The van der Waals surface area contributed by atoms with Gasteiger partial charge in [0.25, 0.3) is 0 Å². The van der Waals surface area contributed by atoms with Crippen molar-refractivity contribution >= 4 is 12.2 Å². The molecule has 0 aromatic carbocycles. The molecule has 0 aliphatic heterocycles. The van der Waals surface area contributed by atoms with Gasteiger partial charge in [0.15, 0.2) is 0 Å². The first-order valence-corrected chi connectivity index (χ1v) is 4.15. The van der Waals surface area contributed by atoms with E-state index in [0.717, 1.165) is 5.56 Å². The number of rotatable bonds is 2. The Hall–Kier alpha value is -0.710. The maximum absolute atomic E-state index is 9.21. The number of aliphatic hydroxyl groups is 1. The zero-order chi connectivity index (χ0) is 9.14. The van der Waals surface area contributed by atoms with Gasteiger partial charge in [0.05, 0.1) is 12.1 Å². The lowest BCUT2D eigenvalue weighted by Gasteiger charge is -2.14. The Morgan fingerprint density at radius 1 is 1.67 bits per heavy atom. The van der Waals surface area contributed by atoms with Gasteiger partial charge in [-0.15, -0.1) is 0 Å². The van der Waals surface area contributed by atoms with Crippen molar-refractivity contribution in [3.8, 4) is 0 Å². The molecule has 0 saturated carbocycles. The summed E-state index contributed by atoms with van der Waals surface area (Å²) in [6, 6.07) is 3.22. The Bertz CT molecular complexity index is 308. The van der Waals surface area contributed by atoms with Crippen molar-refractivity contribution in [1.82, 2.24) is 4.98 Å². The molecule has 2 unspecified atom stereocenters. The summed E-state index contributed by atoms with van der Waals surface area (Å²) in [4.78, 5) is 2.86. The first kappa shape index (κ1) is 9.38. The lowest BCUT2D eigenvalue weighted by atomic mass is 10.1. The van der Waals surface area contributed by atoms with Crippen molar-refractivity contribution in [3.05, 3.63) is 28.5 Å². The highest BCUT2D eigenvalue weighted by Gasteiger charge is 2.12. The first-order valence-electron chi connectivity index (χ1n) is 3.74. The van der Waals surface area contributed by atoms with E-state index in [2.05, 4.69) is 4.98 Å². The molecule has 66 valence electrons. The summed E-state index contributed by atoms with van der Waals surface area (Å²) in [5.41, 5.74) is 6.48. The van der Waals surface area contributed by atoms with Crippen LogP contribution in [-0.4, -0.2) is 16.2 Å². The molecule has 0 spiro atoms. The molecule has 1 aromatic rings. The van der Waals surface area contributed by atoms with E-state index in [-0.39, 0.29) is 0 Å². The minimum absolute atomic E-state index is 0.407. The van der Waals surface area contributed by atoms with Crippen molar-refractivity contribution in [2.45, 2.75) is 19.1 Å². The Morgan fingerprint density at radius 2 is 2.33 bits per heavy atom. The molecule has 4 heteroatoms. The molecular weight excluding hydrogens is 172 g/mol. The van der Waals surface area contributed by atoms with Crippen LogP contribution < -0.4 is 5.73 Å². The third kappa shape index (κ3) is 1.91. The van der Waals surface area contributed by atoms with Crippen molar-refractivity contribution in [3.63, 3.8) is 0 Å². The maximum atomic E-state index is 9.21. The summed E-state index contributed by atoms with van der Waals surface area (Å²) in [6.45, 7) is 1.65. The van der Waals surface area contributed by atoms with E-state index in [9.17, 15) is 5.11 Å². The van der Waals surface area contributed by atoms with Crippen molar-refractivity contribution in [2.24, 2.45) is 5.73 Å². The van der Waals surface area contributed by atoms with E-state index in [4.69, 9.17) is 18.0 Å². The van der Waals surface area contributed by atoms with Gasteiger partial charge in [-0.05, 0) is 13.0 Å². The zero-order valence-electron chi connectivity index (χ0n) is 6.82. The summed E-state index contributed by atoms with van der Waals surface area (Å²) in [7, 11) is 0. The molecule has 0 saturated heterocycles. The lowest BCUT2D eigenvalue weighted by Crippen LogP contribution is -2.23. The van der Waals surface area contributed by atoms with Gasteiger partial charge in [-0.3, -0.25) is 0 Å². The van der Waals surface area contributed by atoms with E-state index in [1.54, 1.807) is 13.1 Å². The number of nitrogens with one attached hydrogen (secondary N) is 1. The van der Waals surface area contributed by atoms with Gasteiger partial charge in [-0.2, -0.15) is 0 Å². The highest BCUT2D eigenvalue weighted by Crippen LogP contribution is 2.13. The number of aliphatic hydroxyl groups excluding tert-OH is 1. The largest absolute Gasteiger partial charge is 0.391 e. The maximum Gasteiger partial charge on any atom is 0.108 e. The number of aromatic nitrogens is 1. The molecule has 3 nitrogen and oxygen atoms in total. The molecule has 0 fully saturated rings. The van der Waals surface area contributed by atoms with Crippen LogP contribution in [-0.2, 0) is 0 Å². The molecule has 0 aliphatic carbocycles. The van der Waals surface area contributed by atoms with Crippen LogP contribution in [0.3, 0.4) is 0 Å². The van der Waals surface area contributed by atoms with Gasteiger partial charge in [-0.1, -0.05) is 18.3 Å². The van der Waals surface area contributed by atoms with Gasteiger partial charge < -0.3 is 15.8 Å². The SMILES string of the molecule is CC(O)C(N)c1ccc[nH]c1=S. The Morgan fingerprint density at radius 3 is 2.83 bits per heavy atom. The summed E-state index contributed by atoms with van der Waals surface area (Å²) in [5.74, 6) is 0. The van der Waals surface area contributed by atoms with Crippen molar-refractivity contribution in [2.75, 3.05) is 0 Å². The summed E-state index contributed by atoms with van der Waals surface area (Å²) in [5, 5.41) is 9.21. The standard InChI is InChI=1S/C8H12N2OS/c1-5(11)7(9)6-3-2-4-10-8(6)12/h2-5,7,11H,9H2,1H3,(H,10,12). The second-order valence-electron chi connectivity index (χ2n) is 2.72. The fraction of sp³-hybridized carbons (Fsp3) is 0.375. The molecule has 12 heavy (non-hydrogen) atoms. The second kappa shape index (κ2) is 3.80. The number of hydrogen-bond acceptors (Lipinski definition) is 3. The van der Waals surface area contributed by atoms with Crippen LogP contribution in [0.25, 0.3) is 0 Å². The summed E-state index contributed by atoms with van der Waals surface area (Å²) >= 11 is 5.00. The molecule has 1 aromatic heterocycles. The van der Waals surface area contributed by atoms with Gasteiger partial charge >= 0.3 is 0 Å². The molecule has 0 bridgehead atoms. The molecule has 0 radical (unpaired) electrons. The highest BCUT2D eigenvalue weighted by atomic mass is 32.1. The third-order valence-corrected chi connectivity index (χ3v) is 2.08. The van der Waals surface area contributed by atoms with Crippen LogP contribution in [0.1, 0.15) is 18.5 Å². The molecule has 1 heterocycles. The van der Waals surface area contributed by atoms with E-state index in [0.29, 0.717) is 4.64 Å². The van der Waals surface area contributed by atoms with Gasteiger partial charge in [-0.25, -0.2) is 0 Å². The quantitative estimate of drug-likeness (QED) is 0.604. The number of aromatic amines is 1. The van der Waals surface area contributed by atoms with Crippen LogP contribution in [0.5, 0.6) is 0 Å². The second-order valence-corrected chi connectivity index (χ2v) is 3.13. The fourth-order valence-electron chi connectivity index (χ4n) is 0.957. The van der Waals surface area contributed by atoms with E-state index < -0.39 is 12.1 Å². The first-order chi connectivity index (χ1) is 5.63. The third-order valence-electron chi connectivity index (χ3n) is 1.73. The molecule has 0 aliphatic rings. The van der Waals surface area contributed by atoms with Crippen LogP contribution in [0.2, 0.25) is 0 Å². The van der Waals surface area contributed by atoms with E-state index in [1.165, 1.54) is 0 Å². The number of hydrogen-bond donors (Lipinski definition) is 3. The normalized spacial score (nSPS) is 15.6. The highest BCUT2D eigenvalue weighted by molar-refractivity contribution is 7.71. The zero-order valence-corrected chi connectivity index (χ0v) is 7.64. The summed E-state index contributed by atoms with van der Waals surface area (Å²) < 4.78 is 0.589. The molecule has 1 rings (SSSR count). The topological polar surface area (TPSA) is 62.0 Å². The monoisotopic (exact) mass is 184 g/mol. The average molecular weight is 184 g/mol. The minimum atomic E-state index is -0.581. The van der Waals surface area contributed by atoms with Crippen LogP contribution in [0, 0.1) is 4.64 Å². The van der Waals surface area contributed by atoms with Crippen LogP contribution in [0.4, 0.5) is 0 Å². The molecular formula is C8H12N2OS. The van der Waals surface area contributed by atoms with Crippen LogP contribution in [0.15, 0.2) is 18.3 Å². The van der Waals surface area contributed by atoms with Crippen LogP contribution >= 0.6 is 12.2 Å². The summed E-state index contributed by atoms with van der Waals surface area (Å²) in [6.07, 6.45) is 1.16. The van der Waals surface area contributed by atoms with Gasteiger partial charge in [0, 0.05) is 11.8 Å². The molecule has 2 atom stereocenters. The Balaban J connectivity index is 3.03. The lowest BCUT2D eigenvalue weighted by molar-refractivity contribution is 0.164. The predicted octanol–water partition coefficient (Wildman–Crippen LogP) is 1.12. The van der Waals surface area contributed by atoms with E-state index >= 15 is 0 Å². The smallest absolute Gasteiger partial charge is 0.108 e. The van der Waals surface area contributed by atoms with Gasteiger partial charge in [0.1, 0.15) is 4.64 Å².